The number of aromatic hydroxyl groups is 2. The number of fused-ring (bicyclic) bond motifs is 1. The second-order valence-electron chi connectivity index (χ2n) is 8.31. The van der Waals surface area contributed by atoms with Crippen molar-refractivity contribution in [1.29, 1.82) is 0 Å². The molecule has 29 heavy (non-hydrogen) atoms. The summed E-state index contributed by atoms with van der Waals surface area (Å²) in [5, 5.41) is 22.2. The van der Waals surface area contributed by atoms with E-state index in [4.69, 9.17) is 4.42 Å². The fourth-order valence-electron chi connectivity index (χ4n) is 3.50. The third-order valence-electron chi connectivity index (χ3n) is 4.95. The van der Waals surface area contributed by atoms with E-state index in [1.54, 1.807) is 0 Å². The molecule has 158 valence electrons. The minimum Gasteiger partial charge on any atom is -0.507 e. The van der Waals surface area contributed by atoms with Gasteiger partial charge >= 0.3 is 5.63 Å². The van der Waals surface area contributed by atoms with Crippen molar-refractivity contribution in [1.82, 2.24) is 0 Å². The van der Waals surface area contributed by atoms with Crippen molar-refractivity contribution >= 4 is 16.8 Å². The maximum absolute atomic E-state index is 12.8. The Balaban J connectivity index is 2.84. The van der Waals surface area contributed by atoms with Crippen LogP contribution in [0.15, 0.2) is 26.9 Å². The molecule has 0 atom stereocenters. The fraction of sp³-hybridized carbons (Fsp3) is 0.500. The van der Waals surface area contributed by atoms with Crippen LogP contribution in [0.3, 0.4) is 0 Å². The van der Waals surface area contributed by atoms with Crippen molar-refractivity contribution in [3.8, 4) is 11.5 Å². The Morgan fingerprint density at radius 1 is 1.17 bits per heavy atom. The molecule has 0 bridgehead atoms. The lowest BCUT2D eigenvalue weighted by Gasteiger charge is -2.16. The average molecular weight is 401 g/mol. The number of carbonyl (C=O) groups excluding carboxylic acids is 1. The Morgan fingerprint density at radius 2 is 1.86 bits per heavy atom. The SMILES string of the molecule is CCCCCc1cc(=O)oc2c(CC=C(C)C)c(O)c(C(=O)CC(C)C)c(O)c12. The van der Waals surface area contributed by atoms with Crippen LogP contribution >= 0.6 is 0 Å². The summed E-state index contributed by atoms with van der Waals surface area (Å²) in [4.78, 5) is 25.0. The van der Waals surface area contributed by atoms with Crippen LogP contribution in [0.25, 0.3) is 11.0 Å². The molecule has 0 aliphatic heterocycles. The molecule has 0 amide bonds. The normalized spacial score (nSPS) is 11.2. The van der Waals surface area contributed by atoms with E-state index >= 15 is 0 Å². The van der Waals surface area contributed by atoms with Gasteiger partial charge in [0.2, 0.25) is 0 Å². The number of aryl methyl sites for hydroxylation is 1. The zero-order chi connectivity index (χ0) is 21.7. The Morgan fingerprint density at radius 3 is 2.45 bits per heavy atom. The lowest BCUT2D eigenvalue weighted by molar-refractivity contribution is 0.0962. The maximum atomic E-state index is 12.8. The van der Waals surface area contributed by atoms with Crippen molar-refractivity contribution in [2.75, 3.05) is 0 Å². The Labute approximate surface area is 172 Å². The summed E-state index contributed by atoms with van der Waals surface area (Å²) in [5.41, 5.74) is 1.61. The molecular formula is C24H32O5. The van der Waals surface area contributed by atoms with Crippen LogP contribution < -0.4 is 5.63 Å². The van der Waals surface area contributed by atoms with Crippen molar-refractivity contribution in [2.45, 2.75) is 73.1 Å². The molecule has 0 aliphatic rings. The van der Waals surface area contributed by atoms with Crippen LogP contribution in [0.4, 0.5) is 0 Å². The van der Waals surface area contributed by atoms with E-state index < -0.39 is 5.63 Å². The van der Waals surface area contributed by atoms with Gasteiger partial charge in [-0.3, -0.25) is 4.79 Å². The molecular weight excluding hydrogens is 368 g/mol. The monoisotopic (exact) mass is 400 g/mol. The highest BCUT2D eigenvalue weighted by Crippen LogP contribution is 2.42. The van der Waals surface area contributed by atoms with E-state index in [0.29, 0.717) is 29.4 Å². The minimum atomic E-state index is -0.525. The molecule has 5 heteroatoms. The minimum absolute atomic E-state index is 0.0750. The topological polar surface area (TPSA) is 87.7 Å². The van der Waals surface area contributed by atoms with E-state index in [0.717, 1.165) is 24.8 Å². The van der Waals surface area contributed by atoms with Gasteiger partial charge in [-0.15, -0.1) is 0 Å². The van der Waals surface area contributed by atoms with Crippen LogP contribution in [0, 0.1) is 5.92 Å². The Bertz CT molecular complexity index is 975. The number of benzene rings is 1. The summed E-state index contributed by atoms with van der Waals surface area (Å²) in [6.07, 6.45) is 5.86. The fourth-order valence-corrected chi connectivity index (χ4v) is 3.50. The largest absolute Gasteiger partial charge is 0.507 e. The number of ketones is 1. The smallest absolute Gasteiger partial charge is 0.336 e. The van der Waals surface area contributed by atoms with Crippen LogP contribution in [0.2, 0.25) is 0 Å². The lowest BCUT2D eigenvalue weighted by atomic mass is 9.91. The zero-order valence-corrected chi connectivity index (χ0v) is 18.1. The molecule has 2 aromatic rings. The van der Waals surface area contributed by atoms with Gasteiger partial charge in [-0.1, -0.05) is 45.3 Å². The average Bonchev–Trinajstić information content (AvgIpc) is 2.60. The molecule has 0 radical (unpaired) electrons. The molecule has 0 unspecified atom stereocenters. The molecule has 0 saturated heterocycles. The quantitative estimate of drug-likeness (QED) is 0.245. The molecule has 0 saturated carbocycles. The number of hydrogen-bond acceptors (Lipinski definition) is 5. The lowest BCUT2D eigenvalue weighted by Crippen LogP contribution is -2.09. The predicted molar refractivity (Wildman–Crippen MR) is 116 cm³/mol. The first-order chi connectivity index (χ1) is 13.7. The zero-order valence-electron chi connectivity index (χ0n) is 18.1. The molecule has 0 fully saturated rings. The van der Waals surface area contributed by atoms with E-state index in [1.165, 1.54) is 6.07 Å². The standard InChI is InChI=1S/C24H32O5/c1-6-7-8-9-16-13-19(26)29-24-17(11-10-14(2)3)22(27)21(23(28)20(16)24)18(25)12-15(4)5/h10,13,15,27-28H,6-9,11-12H2,1-5H3. The van der Waals surface area contributed by atoms with Gasteiger partial charge in [0.25, 0.3) is 0 Å². The third-order valence-corrected chi connectivity index (χ3v) is 4.95. The Kier molecular flexibility index (Phi) is 7.66. The summed E-state index contributed by atoms with van der Waals surface area (Å²) < 4.78 is 5.43. The number of carbonyl (C=O) groups is 1. The molecule has 0 spiro atoms. The number of allylic oxidation sites excluding steroid dienone is 2. The van der Waals surface area contributed by atoms with Crippen molar-refractivity contribution < 1.29 is 19.4 Å². The molecule has 1 aromatic carbocycles. The van der Waals surface area contributed by atoms with Crippen molar-refractivity contribution in [2.24, 2.45) is 5.92 Å². The highest BCUT2D eigenvalue weighted by atomic mass is 16.4. The van der Waals surface area contributed by atoms with Gasteiger partial charge in [-0.05, 0) is 44.6 Å². The van der Waals surface area contributed by atoms with Gasteiger partial charge in [0.05, 0.1) is 5.39 Å². The van der Waals surface area contributed by atoms with E-state index in [2.05, 4.69) is 6.92 Å². The second kappa shape index (κ2) is 9.77. The van der Waals surface area contributed by atoms with Crippen LogP contribution in [0.1, 0.15) is 81.8 Å². The summed E-state index contributed by atoms with van der Waals surface area (Å²) in [6.45, 7) is 9.76. The van der Waals surface area contributed by atoms with Crippen LogP contribution in [-0.4, -0.2) is 16.0 Å². The van der Waals surface area contributed by atoms with Crippen LogP contribution in [0.5, 0.6) is 11.5 Å². The van der Waals surface area contributed by atoms with Gasteiger partial charge in [-0.25, -0.2) is 4.79 Å². The summed E-state index contributed by atoms with van der Waals surface area (Å²) in [5.74, 6) is -0.830. The first kappa shape index (κ1) is 22.7. The van der Waals surface area contributed by atoms with Gasteiger partial charge in [-0.2, -0.15) is 0 Å². The molecule has 5 nitrogen and oxygen atoms in total. The molecule has 2 rings (SSSR count). The summed E-state index contributed by atoms with van der Waals surface area (Å²) in [7, 11) is 0. The number of phenols is 2. The van der Waals surface area contributed by atoms with Gasteiger partial charge in [0.15, 0.2) is 5.78 Å². The molecule has 0 aliphatic carbocycles. The third kappa shape index (κ3) is 5.28. The predicted octanol–water partition coefficient (Wildman–Crippen LogP) is 5.67. The first-order valence-electron chi connectivity index (χ1n) is 10.4. The molecule has 1 heterocycles. The van der Waals surface area contributed by atoms with E-state index in [-0.39, 0.29) is 40.8 Å². The van der Waals surface area contributed by atoms with E-state index in [9.17, 15) is 19.8 Å². The van der Waals surface area contributed by atoms with Gasteiger partial charge < -0.3 is 14.6 Å². The highest BCUT2D eigenvalue weighted by molar-refractivity contribution is 6.08. The van der Waals surface area contributed by atoms with Crippen molar-refractivity contribution in [3.05, 3.63) is 44.8 Å². The number of hydrogen-bond donors (Lipinski definition) is 2. The first-order valence-corrected chi connectivity index (χ1v) is 10.4. The molecule has 1 aromatic heterocycles. The summed E-state index contributed by atoms with van der Waals surface area (Å²) >= 11 is 0. The van der Waals surface area contributed by atoms with Gasteiger partial charge in [0.1, 0.15) is 22.6 Å². The number of phenolic OH excluding ortho intramolecular Hbond substituents is 2. The maximum Gasteiger partial charge on any atom is 0.336 e. The van der Waals surface area contributed by atoms with E-state index in [1.807, 2.05) is 33.8 Å². The van der Waals surface area contributed by atoms with Gasteiger partial charge in [0, 0.05) is 18.1 Å². The van der Waals surface area contributed by atoms with Crippen LogP contribution in [-0.2, 0) is 12.8 Å². The Hall–Kier alpha value is -2.56. The van der Waals surface area contributed by atoms with Crippen molar-refractivity contribution in [3.63, 3.8) is 0 Å². The summed E-state index contributed by atoms with van der Waals surface area (Å²) in [6, 6.07) is 1.39. The number of unbranched alkanes of at least 4 members (excludes halogenated alkanes) is 2. The molecule has 2 N–H and O–H groups in total. The number of rotatable bonds is 9. The second-order valence-corrected chi connectivity index (χ2v) is 8.31. The number of Topliss-reactive ketones (excluding diaryl/α,β-unsaturated/α-hetero) is 1. The highest BCUT2D eigenvalue weighted by Gasteiger charge is 2.27.